The molecule has 0 saturated carbocycles. The molecule has 3 amide bonds. The predicted molar refractivity (Wildman–Crippen MR) is 162 cm³/mol. The zero-order valence-corrected chi connectivity index (χ0v) is 25.7. The lowest BCUT2D eigenvalue weighted by Crippen LogP contribution is -2.59. The number of ether oxygens (including phenoxy) is 2. The van der Waals surface area contributed by atoms with Crippen LogP contribution in [0.5, 0.6) is 0 Å². The standard InChI is InChI=1S/C33H45N3O7/c1-7-10-14-25(38)34-18-22(6)42-32(41)26-24-15-16-33(43-24)27(26)30(39)36(23(9-3)19-37)29(33)31(40)35(17-8-2)28-20(4)12-11-13-21(28)5/h7-8,11-13,22-24,26-27,29,37H,1-2,9-10,14-19H2,3-6H3,(H,34,38)/t22-,23-,24+,26-,27-,29+,33-/m0/s1. The molecule has 10 heteroatoms. The van der Waals surface area contributed by atoms with E-state index in [9.17, 15) is 24.3 Å². The second kappa shape index (κ2) is 13.4. The van der Waals surface area contributed by atoms with Crippen molar-refractivity contribution in [2.45, 2.75) is 89.7 Å². The second-order valence-electron chi connectivity index (χ2n) is 11.9. The number of nitrogens with zero attached hydrogens (tertiary/aromatic N) is 2. The van der Waals surface area contributed by atoms with Crippen LogP contribution in [0.1, 0.15) is 57.1 Å². The molecule has 3 heterocycles. The molecule has 3 aliphatic heterocycles. The van der Waals surface area contributed by atoms with Gasteiger partial charge < -0.3 is 29.7 Å². The molecule has 2 bridgehead atoms. The fourth-order valence-corrected chi connectivity index (χ4v) is 7.14. The van der Waals surface area contributed by atoms with Crippen LogP contribution in [0.3, 0.4) is 0 Å². The van der Waals surface area contributed by atoms with Crippen molar-refractivity contribution < 1.29 is 33.8 Å². The largest absolute Gasteiger partial charge is 0.460 e. The highest BCUT2D eigenvalue weighted by Gasteiger charge is 2.75. The average Bonchev–Trinajstić information content (AvgIpc) is 3.62. The van der Waals surface area contributed by atoms with Crippen LogP contribution < -0.4 is 10.2 Å². The van der Waals surface area contributed by atoms with Gasteiger partial charge in [-0.3, -0.25) is 19.2 Å². The fraction of sp³-hybridized carbons (Fsp3) is 0.576. The van der Waals surface area contributed by atoms with Crippen LogP contribution in [0.15, 0.2) is 43.5 Å². The van der Waals surface area contributed by atoms with E-state index in [0.29, 0.717) is 32.1 Å². The number of carbonyl (C=O) groups is 4. The molecule has 1 aromatic carbocycles. The smallest absolute Gasteiger partial charge is 0.312 e. The molecule has 1 spiro atoms. The summed E-state index contributed by atoms with van der Waals surface area (Å²) in [5, 5.41) is 13.1. The first kappa shape index (κ1) is 32.4. The van der Waals surface area contributed by atoms with E-state index >= 15 is 0 Å². The average molecular weight is 596 g/mol. The van der Waals surface area contributed by atoms with Crippen molar-refractivity contribution in [2.24, 2.45) is 11.8 Å². The summed E-state index contributed by atoms with van der Waals surface area (Å²) in [5.74, 6) is -3.29. The van der Waals surface area contributed by atoms with Crippen LogP contribution in [-0.2, 0) is 28.7 Å². The van der Waals surface area contributed by atoms with E-state index in [4.69, 9.17) is 9.47 Å². The number of likely N-dealkylation sites (tertiary alicyclic amines) is 1. The number of anilines is 1. The quantitative estimate of drug-likeness (QED) is 0.250. The third-order valence-electron chi connectivity index (χ3n) is 9.09. The van der Waals surface area contributed by atoms with Crippen molar-refractivity contribution >= 4 is 29.4 Å². The Labute approximate surface area is 254 Å². The van der Waals surface area contributed by atoms with Gasteiger partial charge in [-0.05, 0) is 57.6 Å². The van der Waals surface area contributed by atoms with Crippen LogP contribution in [-0.4, -0.2) is 83.3 Å². The number of para-hydroxylation sites is 1. The number of allylic oxidation sites excluding steroid dienone is 1. The molecule has 2 N–H and O–H groups in total. The maximum atomic E-state index is 14.7. The van der Waals surface area contributed by atoms with Gasteiger partial charge in [0.05, 0.1) is 37.1 Å². The molecule has 1 aromatic rings. The van der Waals surface area contributed by atoms with Crippen molar-refractivity contribution in [1.82, 2.24) is 10.2 Å². The molecule has 3 saturated heterocycles. The lowest BCUT2D eigenvalue weighted by Gasteiger charge is -2.39. The number of amides is 3. The highest BCUT2D eigenvalue weighted by molar-refractivity contribution is 6.05. The summed E-state index contributed by atoms with van der Waals surface area (Å²) in [6, 6.07) is 4.12. The predicted octanol–water partition coefficient (Wildman–Crippen LogP) is 2.98. The number of benzene rings is 1. The minimum absolute atomic E-state index is 0.131. The molecule has 0 aromatic heterocycles. The van der Waals surface area contributed by atoms with Gasteiger partial charge in [0.2, 0.25) is 11.8 Å². The van der Waals surface area contributed by atoms with E-state index in [2.05, 4.69) is 18.5 Å². The summed E-state index contributed by atoms with van der Waals surface area (Å²) < 4.78 is 12.3. The number of hydrogen-bond acceptors (Lipinski definition) is 7. The fourth-order valence-electron chi connectivity index (χ4n) is 7.14. The molecule has 10 nitrogen and oxygen atoms in total. The highest BCUT2D eigenvalue weighted by atomic mass is 16.6. The molecule has 0 radical (unpaired) electrons. The maximum absolute atomic E-state index is 14.7. The monoisotopic (exact) mass is 595 g/mol. The highest BCUT2D eigenvalue weighted by Crippen LogP contribution is 2.59. The lowest BCUT2D eigenvalue weighted by molar-refractivity contribution is -0.159. The van der Waals surface area contributed by atoms with E-state index in [-0.39, 0.29) is 37.4 Å². The number of aliphatic hydroxyl groups excluding tert-OH is 1. The molecule has 3 aliphatic rings. The Balaban J connectivity index is 1.66. The van der Waals surface area contributed by atoms with Crippen LogP contribution in [0, 0.1) is 25.7 Å². The zero-order chi connectivity index (χ0) is 31.5. The van der Waals surface area contributed by atoms with Gasteiger partial charge in [0, 0.05) is 18.7 Å². The molecule has 7 atom stereocenters. The van der Waals surface area contributed by atoms with Gasteiger partial charge in [0.15, 0.2) is 0 Å². The Bertz CT molecular complexity index is 1240. The van der Waals surface area contributed by atoms with Gasteiger partial charge in [-0.25, -0.2) is 0 Å². The lowest BCUT2D eigenvalue weighted by atomic mass is 9.70. The number of rotatable bonds is 14. The van der Waals surface area contributed by atoms with Crippen LogP contribution in [0.25, 0.3) is 0 Å². The van der Waals surface area contributed by atoms with Gasteiger partial charge in [0.1, 0.15) is 17.7 Å². The first-order valence-corrected chi connectivity index (χ1v) is 15.2. The van der Waals surface area contributed by atoms with Gasteiger partial charge >= 0.3 is 5.97 Å². The minimum Gasteiger partial charge on any atom is -0.460 e. The number of aliphatic hydroxyl groups is 1. The molecule has 3 fully saturated rings. The van der Waals surface area contributed by atoms with Crippen molar-refractivity contribution in [3.63, 3.8) is 0 Å². The first-order valence-electron chi connectivity index (χ1n) is 15.2. The van der Waals surface area contributed by atoms with Gasteiger partial charge in [-0.2, -0.15) is 0 Å². The van der Waals surface area contributed by atoms with Crippen LogP contribution >= 0.6 is 0 Å². The molecular formula is C33H45N3O7. The number of aryl methyl sites for hydroxylation is 2. The number of hydrogen-bond donors (Lipinski definition) is 2. The van der Waals surface area contributed by atoms with Crippen LogP contribution in [0.2, 0.25) is 0 Å². The summed E-state index contributed by atoms with van der Waals surface area (Å²) in [6.07, 6.45) is 4.28. The normalized spacial score (nSPS) is 26.9. The summed E-state index contributed by atoms with van der Waals surface area (Å²) in [6.45, 7) is 14.9. The van der Waals surface area contributed by atoms with Gasteiger partial charge in [-0.1, -0.05) is 37.3 Å². The number of nitrogens with one attached hydrogen (secondary N) is 1. The Morgan fingerprint density at radius 3 is 2.56 bits per heavy atom. The molecule has 0 unspecified atom stereocenters. The molecule has 4 rings (SSSR count). The topological polar surface area (TPSA) is 125 Å². The van der Waals surface area contributed by atoms with Crippen molar-refractivity contribution in [1.29, 1.82) is 0 Å². The van der Waals surface area contributed by atoms with E-state index in [0.717, 1.165) is 16.8 Å². The number of fused-ring (bicyclic) bond motifs is 1. The summed E-state index contributed by atoms with van der Waals surface area (Å²) in [4.78, 5) is 57.7. The molecule has 43 heavy (non-hydrogen) atoms. The van der Waals surface area contributed by atoms with E-state index < -0.39 is 47.7 Å². The summed E-state index contributed by atoms with van der Waals surface area (Å²) in [7, 11) is 0. The molecular weight excluding hydrogens is 550 g/mol. The molecule has 234 valence electrons. The summed E-state index contributed by atoms with van der Waals surface area (Å²) in [5.41, 5.74) is 1.31. The maximum Gasteiger partial charge on any atom is 0.312 e. The third-order valence-corrected chi connectivity index (χ3v) is 9.09. The SMILES string of the molecule is C=CCCC(=O)NC[C@H](C)OC(=O)[C@@H]1[C@H]2C(=O)N([C@@H](CC)CO)[C@H](C(=O)N(CC=C)c3c(C)cccc3C)[C@]23CC[C@H]1O3. The Morgan fingerprint density at radius 1 is 1.26 bits per heavy atom. The Hall–Kier alpha value is -3.50. The van der Waals surface area contributed by atoms with Crippen molar-refractivity contribution in [3.05, 3.63) is 54.6 Å². The van der Waals surface area contributed by atoms with Gasteiger partial charge in [-0.15, -0.1) is 13.2 Å². The summed E-state index contributed by atoms with van der Waals surface area (Å²) >= 11 is 0. The minimum atomic E-state index is -1.23. The van der Waals surface area contributed by atoms with Crippen molar-refractivity contribution in [3.8, 4) is 0 Å². The van der Waals surface area contributed by atoms with E-state index in [1.54, 1.807) is 24.0 Å². The third kappa shape index (κ3) is 5.87. The van der Waals surface area contributed by atoms with Crippen LogP contribution in [0.4, 0.5) is 5.69 Å². The van der Waals surface area contributed by atoms with Gasteiger partial charge in [0.25, 0.3) is 5.91 Å². The van der Waals surface area contributed by atoms with Crippen molar-refractivity contribution in [2.75, 3.05) is 24.6 Å². The zero-order valence-electron chi connectivity index (χ0n) is 25.7. The first-order chi connectivity index (χ1) is 20.6. The number of esters is 1. The molecule has 0 aliphatic carbocycles. The number of carbonyl (C=O) groups excluding carboxylic acids is 4. The second-order valence-corrected chi connectivity index (χ2v) is 11.9. The Kier molecular flexibility index (Phi) is 10.1. The Morgan fingerprint density at radius 2 is 1.95 bits per heavy atom. The van der Waals surface area contributed by atoms with E-state index in [1.165, 1.54) is 4.90 Å². The van der Waals surface area contributed by atoms with E-state index in [1.807, 2.05) is 39.0 Å².